The second-order valence-corrected chi connectivity index (χ2v) is 30.5. The number of carbonyl (C=O) groups excluding carboxylic acids is 4. The van der Waals surface area contributed by atoms with Crippen LogP contribution in [-0.4, -0.2) is 517 Å². The first kappa shape index (κ1) is 98.3. The maximum atomic E-state index is 13.5. The molecule has 0 aromatic heterocycles. The quantitative estimate of drug-likeness (QED) is 0.0318. The van der Waals surface area contributed by atoms with E-state index >= 15 is 0 Å². The summed E-state index contributed by atoms with van der Waals surface area (Å²) in [5, 5.41) is 301. The van der Waals surface area contributed by atoms with Crippen LogP contribution in [0, 0.1) is 0 Å². The number of aliphatic hydroxyl groups excluding tert-OH is 26. The number of amides is 4. The molecule has 4 amide bonds. The Balaban J connectivity index is 1.07. The van der Waals surface area contributed by atoms with Crippen LogP contribution in [0.3, 0.4) is 0 Å². The highest BCUT2D eigenvalue weighted by molar-refractivity contribution is 5.74. The van der Waals surface area contributed by atoms with Crippen molar-refractivity contribution < 1.29 is 242 Å². The number of hydrogen-bond donors (Lipinski definition) is 30. The number of carbonyl (C=O) groups is 4. The fourth-order valence-electron chi connectivity index (χ4n) is 15.6. The van der Waals surface area contributed by atoms with Gasteiger partial charge in [0.05, 0.1) is 65.6 Å². The van der Waals surface area contributed by atoms with Gasteiger partial charge in [-0.05, 0) is 6.92 Å². The van der Waals surface area contributed by atoms with Crippen molar-refractivity contribution >= 4 is 23.6 Å². The van der Waals surface area contributed by atoms with Crippen molar-refractivity contribution in [1.29, 1.82) is 0 Å². The Kier molecular flexibility index (Phi) is 35.0. The van der Waals surface area contributed by atoms with Crippen LogP contribution in [0.5, 0.6) is 0 Å². The van der Waals surface area contributed by atoms with Crippen LogP contribution >= 0.6 is 0 Å². The van der Waals surface area contributed by atoms with Crippen LogP contribution in [0.4, 0.5) is 0 Å². The normalized spacial score (nSPS) is 49.7. The maximum absolute atomic E-state index is 13.5. The minimum absolute atomic E-state index is 0.875. The molecule has 10 aliphatic rings. The van der Waals surface area contributed by atoms with Crippen LogP contribution in [0.1, 0.15) is 34.6 Å². The van der Waals surface area contributed by atoms with Crippen molar-refractivity contribution in [2.45, 2.75) is 335 Å². The second kappa shape index (κ2) is 42.8. The van der Waals surface area contributed by atoms with Crippen LogP contribution < -0.4 is 21.3 Å². The summed E-state index contributed by atoms with van der Waals surface area (Å²) in [5.74, 6) is -3.78. The summed E-state index contributed by atoms with van der Waals surface area (Å²) < 4.78 is 115. The SMILES string of the molecule is CC(=O)N[C@@H]1[C@@H](O[C@@H]2O[C@@H](C)[C@@H](O)[C@@H](O)[C@@H]2O)[C@H](O[C@@H]2O[C@H](CO)[C@@H](O[C@@H]3O[C@H](CO[C@H]4O[C@H](CO)[C@@H](O)[C@H](O)[C@@H]4O[C@@H]4O[C@H](CO)[C@@H](O)[C@H](O)[C@H]4NC(C)=O)[C@@H](O)[C@H](O[C@H]4O[C@H](CO)[C@@H](O)[C@H](O)[C@@H]4O[C@@H]4O[C@H](CO)[C@@H](O)[C@H](O[C@@H]5O[C@H](CO)[C@H](O)[C@H](O)[C@H]5O)[C@H]4NC(C)=O)[C@@H]3O[C@@H]3OC[C@@H](O)[C@H](O)[C@H]3O)[C@H](O)[C@H]2NC(C)=O)[C@@H](CO)O[C@H]1O. The van der Waals surface area contributed by atoms with Gasteiger partial charge in [-0.2, -0.15) is 0 Å². The van der Waals surface area contributed by atoms with Gasteiger partial charge in [-0.15, -0.1) is 0 Å². The lowest BCUT2D eigenvalue weighted by Gasteiger charge is -2.52. The maximum Gasteiger partial charge on any atom is 0.217 e. The van der Waals surface area contributed by atoms with Crippen molar-refractivity contribution in [3.05, 3.63) is 0 Å². The topological polar surface area (TPSA) is 818 Å². The first-order valence-electron chi connectivity index (χ1n) is 38.4. The van der Waals surface area contributed by atoms with Crippen LogP contribution in [0.15, 0.2) is 0 Å². The number of hydrogen-bond acceptors (Lipinski definition) is 49. The molecule has 0 aromatic carbocycles. The Bertz CT molecular complexity index is 3230. The molecule has 10 fully saturated rings. The molecule has 0 bridgehead atoms. The third-order valence-electron chi connectivity index (χ3n) is 22.0. The van der Waals surface area contributed by atoms with Crippen molar-refractivity contribution in [2.24, 2.45) is 0 Å². The third-order valence-corrected chi connectivity index (χ3v) is 22.0. The molecule has 49 atom stereocenters. The van der Waals surface area contributed by atoms with E-state index in [1.165, 1.54) is 6.92 Å². The molecule has 0 aromatic rings. The highest BCUT2D eigenvalue weighted by atomic mass is 16.8. The fourth-order valence-corrected chi connectivity index (χ4v) is 15.6. The van der Waals surface area contributed by atoms with E-state index in [4.69, 9.17) is 90.0 Å². The smallest absolute Gasteiger partial charge is 0.217 e. The minimum Gasteiger partial charge on any atom is -0.394 e. The predicted molar refractivity (Wildman–Crippen MR) is 369 cm³/mol. The predicted octanol–water partition coefficient (Wildman–Crippen LogP) is -20.6. The molecule has 53 nitrogen and oxygen atoms in total. The Morgan fingerprint density at radius 2 is 0.608 bits per heavy atom. The van der Waals surface area contributed by atoms with Gasteiger partial charge in [0.1, 0.15) is 232 Å². The lowest BCUT2D eigenvalue weighted by molar-refractivity contribution is -0.412. The van der Waals surface area contributed by atoms with Gasteiger partial charge in [-0.25, -0.2) is 0 Å². The molecule has 0 spiro atoms. The number of aliphatic hydroxyl groups is 26. The van der Waals surface area contributed by atoms with Crippen LogP contribution in [0.25, 0.3) is 0 Å². The molecule has 10 saturated heterocycles. The monoisotopic (exact) mass is 1760 g/mol. The van der Waals surface area contributed by atoms with E-state index in [0.29, 0.717) is 0 Å². The summed E-state index contributed by atoms with van der Waals surface area (Å²) in [6, 6.07) is -7.69. The molecule has 0 aliphatic carbocycles. The zero-order chi connectivity index (χ0) is 88.2. The van der Waals surface area contributed by atoms with E-state index in [9.17, 15) is 152 Å². The summed E-state index contributed by atoms with van der Waals surface area (Å²) in [6.45, 7) is -5.16. The number of ether oxygens (including phenoxy) is 19. The molecule has 120 heavy (non-hydrogen) atoms. The van der Waals surface area contributed by atoms with Gasteiger partial charge in [0.2, 0.25) is 23.6 Å². The molecule has 30 N–H and O–H groups in total. The van der Waals surface area contributed by atoms with Gasteiger partial charge in [0, 0.05) is 27.7 Å². The van der Waals surface area contributed by atoms with Crippen LogP contribution in [-0.2, 0) is 109 Å². The summed E-state index contributed by atoms with van der Waals surface area (Å²) in [7, 11) is 0. The van der Waals surface area contributed by atoms with Gasteiger partial charge in [0.15, 0.2) is 62.9 Å². The molecule has 10 aliphatic heterocycles. The van der Waals surface area contributed by atoms with Gasteiger partial charge in [0.25, 0.3) is 0 Å². The van der Waals surface area contributed by atoms with Crippen molar-refractivity contribution in [1.82, 2.24) is 21.3 Å². The summed E-state index contributed by atoms with van der Waals surface area (Å²) in [5.41, 5.74) is 0. The highest BCUT2D eigenvalue weighted by Gasteiger charge is 2.62. The first-order valence-corrected chi connectivity index (χ1v) is 38.4. The van der Waals surface area contributed by atoms with Crippen molar-refractivity contribution in [3.8, 4) is 0 Å². The first-order chi connectivity index (χ1) is 56.8. The zero-order valence-corrected chi connectivity index (χ0v) is 64.7. The van der Waals surface area contributed by atoms with E-state index in [1.54, 1.807) is 0 Å². The van der Waals surface area contributed by atoms with E-state index in [-0.39, 0.29) is 0 Å². The zero-order valence-electron chi connectivity index (χ0n) is 64.7. The lowest BCUT2D eigenvalue weighted by atomic mass is 9.93. The third kappa shape index (κ3) is 21.6. The summed E-state index contributed by atoms with van der Waals surface area (Å²) in [6.07, 6.45) is -96.0. The average molecular weight is 1760 g/mol. The van der Waals surface area contributed by atoms with Gasteiger partial charge < -0.3 is 244 Å². The molecule has 10 rings (SSSR count). The largest absolute Gasteiger partial charge is 0.394 e. The molecule has 0 radical (unpaired) electrons. The Hall–Kier alpha value is -3.92. The van der Waals surface area contributed by atoms with Crippen molar-refractivity contribution in [3.63, 3.8) is 0 Å². The molecule has 0 saturated carbocycles. The highest BCUT2D eigenvalue weighted by Crippen LogP contribution is 2.42. The molecule has 694 valence electrons. The number of nitrogens with one attached hydrogen (secondary N) is 4. The van der Waals surface area contributed by atoms with Crippen molar-refractivity contribution in [2.75, 3.05) is 59.5 Å². The van der Waals surface area contributed by atoms with Crippen LogP contribution in [0.2, 0.25) is 0 Å². The van der Waals surface area contributed by atoms with E-state index in [1.807, 2.05) is 0 Å². The molecule has 53 heteroatoms. The van der Waals surface area contributed by atoms with Gasteiger partial charge >= 0.3 is 0 Å². The Labute approximate surface area is 679 Å². The molecule has 10 heterocycles. The summed E-state index contributed by atoms with van der Waals surface area (Å²) >= 11 is 0. The van der Waals surface area contributed by atoms with Gasteiger partial charge in [-0.3, -0.25) is 19.2 Å². The number of rotatable bonds is 30. The summed E-state index contributed by atoms with van der Waals surface area (Å²) in [4.78, 5) is 52.1. The fraction of sp³-hybridized carbons (Fsp3) is 0.940. The molecular formula is C67H112N4O49. The molecule has 0 unspecified atom stereocenters. The Morgan fingerprint density at radius 1 is 0.267 bits per heavy atom. The Morgan fingerprint density at radius 3 is 1.14 bits per heavy atom. The van der Waals surface area contributed by atoms with E-state index in [0.717, 1.165) is 27.7 Å². The van der Waals surface area contributed by atoms with E-state index < -0.39 is 384 Å². The lowest BCUT2D eigenvalue weighted by Crippen LogP contribution is -2.72. The van der Waals surface area contributed by atoms with E-state index in [2.05, 4.69) is 21.3 Å². The second-order valence-electron chi connectivity index (χ2n) is 30.5. The average Bonchev–Trinajstić information content (AvgIpc) is 0.748. The van der Waals surface area contributed by atoms with Gasteiger partial charge in [-0.1, -0.05) is 0 Å². The standard InChI is InChI=1S/C67H112N4O49/c1-15-33(84)43(94)48(99)63(104-15)116-53-31(70-18(4)81)58(101)105-27(12-78)51(53)114-60-30(69-17(3)80)42(93)50(26(11-77)111-60)113-67-57(120-62-47(98)34(85)20(83)13-102-62)54(40(91)28(112-67)14-103-65-55(45(96)37(88)23(8-74)109-65)118-59-29(68-16(2)79)41(92)35(86)21(6-72)106-59)117-66-56(46(97)38(89)24(9-75)110-66)119-61-32(71-19(5)82)52(39(90)25(10-76)107-61)115-64-49(100)44(95)36(87)22(7-73)108-64/h15,20-67,72-78,83-101H,6-14H2,1-5H3,(H,68,79)(H,69,80)(H,70,81)(H,71,82)/t15-,20+,21+,22+,23+,24+,25+,26+,27+,28+,29+,30+,31+,32+,33+,34-,35+,36-,37+,38+,39+,40+,41+,42+,43+,44-,45-,46-,47+,48-,49+,50+,51+,52+,53+,54-,55-,56-,57-,58+,59-,60-,61-,62-,63-,64-,65-,66+,67-/m0/s1. The minimum atomic E-state index is -2.60. The molecular weight excluding hydrogens is 1640 g/mol.